The topological polar surface area (TPSA) is 57.6 Å². The molecule has 1 aliphatic rings. The van der Waals surface area contributed by atoms with Crippen molar-refractivity contribution in [3.63, 3.8) is 0 Å². The van der Waals surface area contributed by atoms with Crippen molar-refractivity contribution >= 4 is 18.0 Å². The molecule has 1 amide bonds. The summed E-state index contributed by atoms with van der Waals surface area (Å²) in [6.45, 7) is 4.83. The van der Waals surface area contributed by atoms with Crippen LogP contribution in [0.3, 0.4) is 0 Å². The van der Waals surface area contributed by atoms with Crippen LogP contribution in [-0.2, 0) is 4.79 Å². The van der Waals surface area contributed by atoms with E-state index < -0.39 is 5.97 Å². The average molecular weight is 287 g/mol. The predicted octanol–water partition coefficient (Wildman–Crippen LogP) is 3.11. The van der Waals surface area contributed by atoms with Crippen molar-refractivity contribution in [3.05, 3.63) is 41.0 Å². The number of nitrogens with zero attached hydrogens (tertiary/aromatic N) is 1. The smallest absolute Gasteiger partial charge is 0.328 e. The summed E-state index contributed by atoms with van der Waals surface area (Å²) in [6.07, 6.45) is 5.81. The number of hydrogen-bond acceptors (Lipinski definition) is 2. The molecule has 0 aliphatic carbocycles. The molecule has 1 heterocycles. The van der Waals surface area contributed by atoms with Crippen LogP contribution in [0.5, 0.6) is 0 Å². The van der Waals surface area contributed by atoms with Crippen molar-refractivity contribution in [2.24, 2.45) is 0 Å². The van der Waals surface area contributed by atoms with Crippen LogP contribution < -0.4 is 0 Å². The van der Waals surface area contributed by atoms with E-state index in [0.717, 1.165) is 43.0 Å². The van der Waals surface area contributed by atoms with E-state index in [-0.39, 0.29) is 5.91 Å². The van der Waals surface area contributed by atoms with Gasteiger partial charge in [0.15, 0.2) is 0 Å². The number of rotatable bonds is 4. The number of carbonyl (C=O) groups excluding carboxylic acids is 1. The zero-order valence-electron chi connectivity index (χ0n) is 12.5. The van der Waals surface area contributed by atoms with Crippen molar-refractivity contribution in [2.75, 3.05) is 6.54 Å². The highest BCUT2D eigenvalue weighted by atomic mass is 16.4. The first kappa shape index (κ1) is 15.3. The van der Waals surface area contributed by atoms with Crippen LogP contribution in [0.2, 0.25) is 0 Å². The molecule has 21 heavy (non-hydrogen) atoms. The fraction of sp³-hybridized carbons (Fsp3) is 0.412. The molecule has 1 aromatic carbocycles. The molecule has 4 nitrogen and oxygen atoms in total. The number of hydrogen-bond donors (Lipinski definition) is 1. The molecule has 0 saturated carbocycles. The van der Waals surface area contributed by atoms with Crippen molar-refractivity contribution in [3.8, 4) is 0 Å². The summed E-state index contributed by atoms with van der Waals surface area (Å²) in [5.74, 6) is -0.895. The number of benzene rings is 1. The molecule has 0 aromatic heterocycles. The van der Waals surface area contributed by atoms with Gasteiger partial charge in [0, 0.05) is 24.2 Å². The summed E-state index contributed by atoms with van der Waals surface area (Å²) < 4.78 is 0. The highest BCUT2D eigenvalue weighted by Crippen LogP contribution is 2.23. The van der Waals surface area contributed by atoms with Gasteiger partial charge in [0.2, 0.25) is 0 Å². The lowest BCUT2D eigenvalue weighted by Crippen LogP contribution is -2.35. The van der Waals surface area contributed by atoms with Crippen molar-refractivity contribution in [2.45, 2.75) is 39.2 Å². The van der Waals surface area contributed by atoms with Crippen molar-refractivity contribution < 1.29 is 14.7 Å². The maximum absolute atomic E-state index is 12.6. The van der Waals surface area contributed by atoms with Gasteiger partial charge in [-0.3, -0.25) is 4.79 Å². The van der Waals surface area contributed by atoms with Gasteiger partial charge in [-0.15, -0.1) is 0 Å². The Kier molecular flexibility index (Phi) is 4.78. The minimum atomic E-state index is -0.975. The van der Waals surface area contributed by atoms with Gasteiger partial charge in [-0.2, -0.15) is 0 Å². The Balaban J connectivity index is 2.19. The van der Waals surface area contributed by atoms with Crippen molar-refractivity contribution in [1.82, 2.24) is 4.90 Å². The molecular weight excluding hydrogens is 266 g/mol. The Hall–Kier alpha value is -2.10. The predicted molar refractivity (Wildman–Crippen MR) is 82.2 cm³/mol. The number of carboxylic acid groups (broad SMARTS) is 1. The normalized spacial score (nSPS) is 18.4. The zero-order valence-corrected chi connectivity index (χ0v) is 12.5. The average Bonchev–Trinajstić information content (AvgIpc) is 2.93. The van der Waals surface area contributed by atoms with Gasteiger partial charge in [0.05, 0.1) is 0 Å². The van der Waals surface area contributed by atoms with Crippen LogP contribution in [0.25, 0.3) is 6.08 Å². The maximum Gasteiger partial charge on any atom is 0.328 e. The van der Waals surface area contributed by atoms with E-state index in [9.17, 15) is 9.59 Å². The molecule has 0 bridgehead atoms. The number of carbonyl (C=O) groups is 2. The molecule has 0 spiro atoms. The monoisotopic (exact) mass is 287 g/mol. The molecule has 1 unspecified atom stereocenters. The van der Waals surface area contributed by atoms with Crippen molar-refractivity contribution in [1.29, 1.82) is 0 Å². The Bertz CT molecular complexity index is 577. The Morgan fingerprint density at radius 3 is 2.81 bits per heavy atom. The SMILES string of the molecule is CCC1CCCN1C(=O)c1ccc(/C=C/C(=O)O)c(C)c1. The van der Waals surface area contributed by atoms with Gasteiger partial charge in [0.25, 0.3) is 5.91 Å². The molecule has 4 heteroatoms. The molecule has 1 aromatic rings. The van der Waals surface area contributed by atoms with Gasteiger partial charge in [-0.1, -0.05) is 13.0 Å². The molecule has 112 valence electrons. The van der Waals surface area contributed by atoms with Gasteiger partial charge in [0.1, 0.15) is 0 Å². The van der Waals surface area contributed by atoms with Gasteiger partial charge in [-0.05, 0) is 55.5 Å². The molecular formula is C17H21NO3. The summed E-state index contributed by atoms with van der Waals surface area (Å²) in [7, 11) is 0. The summed E-state index contributed by atoms with van der Waals surface area (Å²) in [5.41, 5.74) is 2.41. The first-order valence-electron chi connectivity index (χ1n) is 7.35. The minimum absolute atomic E-state index is 0.0798. The molecule has 1 fully saturated rings. The fourth-order valence-electron chi connectivity index (χ4n) is 2.85. The van der Waals surface area contributed by atoms with E-state index in [1.807, 2.05) is 17.9 Å². The second kappa shape index (κ2) is 6.57. The molecule has 0 radical (unpaired) electrons. The second-order valence-electron chi connectivity index (χ2n) is 5.45. The Morgan fingerprint density at radius 1 is 1.43 bits per heavy atom. The van der Waals surface area contributed by atoms with E-state index >= 15 is 0 Å². The summed E-state index contributed by atoms with van der Waals surface area (Å²) in [5, 5.41) is 8.66. The van der Waals surface area contributed by atoms with E-state index in [1.165, 1.54) is 0 Å². The van der Waals surface area contributed by atoms with E-state index in [4.69, 9.17) is 5.11 Å². The van der Waals surface area contributed by atoms with Crippen LogP contribution in [0.1, 0.15) is 47.7 Å². The minimum Gasteiger partial charge on any atom is -0.478 e. The lowest BCUT2D eigenvalue weighted by molar-refractivity contribution is -0.131. The maximum atomic E-state index is 12.6. The zero-order chi connectivity index (χ0) is 15.4. The number of aliphatic carboxylic acids is 1. The lowest BCUT2D eigenvalue weighted by atomic mass is 10.0. The Labute approximate surface area is 125 Å². The van der Waals surface area contributed by atoms with Crippen LogP contribution in [0.15, 0.2) is 24.3 Å². The standard InChI is InChI=1S/C17H21NO3/c1-3-15-5-4-10-18(15)17(21)14-7-6-13(12(2)11-14)8-9-16(19)20/h6-9,11,15H,3-5,10H2,1-2H3,(H,19,20)/b9-8+. The number of aryl methyl sites for hydroxylation is 1. The summed E-state index contributed by atoms with van der Waals surface area (Å²) in [6, 6.07) is 5.78. The third-order valence-electron chi connectivity index (χ3n) is 4.03. The molecule has 2 rings (SSSR count). The fourth-order valence-corrected chi connectivity index (χ4v) is 2.85. The van der Waals surface area contributed by atoms with E-state index in [2.05, 4.69) is 6.92 Å². The molecule has 1 N–H and O–H groups in total. The first-order chi connectivity index (χ1) is 10.0. The molecule has 1 saturated heterocycles. The highest BCUT2D eigenvalue weighted by Gasteiger charge is 2.27. The van der Waals surface area contributed by atoms with Crippen LogP contribution in [0.4, 0.5) is 0 Å². The van der Waals surface area contributed by atoms with Crippen LogP contribution in [-0.4, -0.2) is 34.5 Å². The van der Waals surface area contributed by atoms with Crippen LogP contribution in [0, 0.1) is 6.92 Å². The molecule has 1 aliphatic heterocycles. The third kappa shape index (κ3) is 3.51. The second-order valence-corrected chi connectivity index (χ2v) is 5.45. The number of likely N-dealkylation sites (tertiary alicyclic amines) is 1. The lowest BCUT2D eigenvalue weighted by Gasteiger charge is -2.24. The third-order valence-corrected chi connectivity index (χ3v) is 4.03. The quantitative estimate of drug-likeness (QED) is 0.866. The van der Waals surface area contributed by atoms with Gasteiger partial charge >= 0.3 is 5.97 Å². The van der Waals surface area contributed by atoms with Crippen LogP contribution >= 0.6 is 0 Å². The van der Waals surface area contributed by atoms with E-state index in [0.29, 0.717) is 11.6 Å². The number of amides is 1. The first-order valence-corrected chi connectivity index (χ1v) is 7.35. The molecule has 1 atom stereocenters. The van der Waals surface area contributed by atoms with Gasteiger partial charge < -0.3 is 10.0 Å². The highest BCUT2D eigenvalue weighted by molar-refractivity contribution is 5.95. The number of carboxylic acids is 1. The summed E-state index contributed by atoms with van der Waals surface area (Å²) in [4.78, 5) is 25.1. The van der Waals surface area contributed by atoms with Gasteiger partial charge in [-0.25, -0.2) is 4.79 Å². The van der Waals surface area contributed by atoms with E-state index in [1.54, 1.807) is 18.2 Å². The largest absolute Gasteiger partial charge is 0.478 e. The Morgan fingerprint density at radius 2 is 2.19 bits per heavy atom. The summed E-state index contributed by atoms with van der Waals surface area (Å²) >= 11 is 0.